The Labute approximate surface area is 117 Å². The van der Waals surface area contributed by atoms with E-state index in [-0.39, 0.29) is 47.6 Å². The van der Waals surface area contributed by atoms with Crippen LogP contribution in [0.3, 0.4) is 0 Å². The molecule has 5 nitrogen and oxygen atoms in total. The summed E-state index contributed by atoms with van der Waals surface area (Å²) in [7, 11) is 0. The molecule has 1 aromatic rings. The number of hydrogen-bond acceptors (Lipinski definition) is 5. The molecule has 1 aromatic heterocycles. The minimum atomic E-state index is -0.368. The molecule has 1 heterocycles. The molecule has 0 aromatic carbocycles. The average Bonchev–Trinajstić information content (AvgIpc) is 2.17. The van der Waals surface area contributed by atoms with E-state index in [0.717, 1.165) is 5.69 Å². The smallest absolute Gasteiger partial charge is 0.870 e. The largest absolute Gasteiger partial charge is 1.00 e. The van der Waals surface area contributed by atoms with Crippen molar-refractivity contribution in [2.45, 2.75) is 13.8 Å². The molecule has 1 N–H and O–H groups in total. The maximum absolute atomic E-state index is 10.9. The number of carbonyl (C=O) groups is 1. The third-order valence-corrected chi connectivity index (χ3v) is 1.55. The van der Waals surface area contributed by atoms with Crippen molar-refractivity contribution in [1.29, 1.82) is 0 Å². The van der Waals surface area contributed by atoms with E-state index in [1.54, 1.807) is 19.2 Å². The fraction of sp³-hybridized carbons (Fsp3) is 0.400. The van der Waals surface area contributed by atoms with E-state index in [1.807, 2.05) is 13.0 Å². The summed E-state index contributed by atoms with van der Waals surface area (Å²) in [5.41, 5.74) is 0.911. The van der Waals surface area contributed by atoms with E-state index in [2.05, 4.69) is 4.98 Å². The second kappa shape index (κ2) is 9.59. The molecule has 1 rings (SSSR count). The first-order chi connectivity index (χ1) is 6.72. The van der Waals surface area contributed by atoms with E-state index in [1.165, 1.54) is 0 Å². The molecular weight excluding hydrogens is 221 g/mol. The van der Waals surface area contributed by atoms with Crippen LogP contribution in [0.15, 0.2) is 18.3 Å². The SMILES string of the molecule is CCOC(=O)COc1ccc(C)nc1.[Na+].[OH-]. The Morgan fingerprint density at radius 2 is 2.12 bits per heavy atom. The second-order valence-electron chi connectivity index (χ2n) is 2.73. The van der Waals surface area contributed by atoms with Gasteiger partial charge in [0.25, 0.3) is 0 Å². The van der Waals surface area contributed by atoms with E-state index in [4.69, 9.17) is 9.47 Å². The van der Waals surface area contributed by atoms with E-state index >= 15 is 0 Å². The molecule has 16 heavy (non-hydrogen) atoms. The molecule has 0 bridgehead atoms. The minimum absolute atomic E-state index is 0. The van der Waals surface area contributed by atoms with Gasteiger partial charge in [-0.05, 0) is 26.0 Å². The van der Waals surface area contributed by atoms with Crippen LogP contribution in [-0.4, -0.2) is 29.6 Å². The van der Waals surface area contributed by atoms with Crippen molar-refractivity contribution < 1.29 is 49.3 Å². The van der Waals surface area contributed by atoms with Crippen molar-refractivity contribution in [2.75, 3.05) is 13.2 Å². The summed E-state index contributed by atoms with van der Waals surface area (Å²) in [6.45, 7) is 3.94. The molecule has 0 unspecified atom stereocenters. The van der Waals surface area contributed by atoms with Gasteiger partial charge in [0, 0.05) is 5.69 Å². The fourth-order valence-corrected chi connectivity index (χ4v) is 0.885. The van der Waals surface area contributed by atoms with Crippen LogP contribution in [0, 0.1) is 6.92 Å². The van der Waals surface area contributed by atoms with Gasteiger partial charge in [0.2, 0.25) is 0 Å². The maximum atomic E-state index is 10.9. The summed E-state index contributed by atoms with van der Waals surface area (Å²) in [5, 5.41) is 0. The van der Waals surface area contributed by atoms with Crippen molar-refractivity contribution in [3.05, 3.63) is 24.0 Å². The van der Waals surface area contributed by atoms with Crippen LogP contribution in [0.2, 0.25) is 0 Å². The van der Waals surface area contributed by atoms with E-state index in [9.17, 15) is 4.79 Å². The van der Waals surface area contributed by atoms with Crippen LogP contribution in [0.25, 0.3) is 0 Å². The molecule has 0 aliphatic heterocycles. The summed E-state index contributed by atoms with van der Waals surface area (Å²) in [6, 6.07) is 3.59. The zero-order chi connectivity index (χ0) is 10.4. The molecule has 84 valence electrons. The zero-order valence-corrected chi connectivity index (χ0v) is 11.8. The minimum Gasteiger partial charge on any atom is -0.870 e. The number of carbonyl (C=O) groups excluding carboxylic acids is 1. The first-order valence-electron chi connectivity index (χ1n) is 4.43. The Hall–Kier alpha value is -0.620. The van der Waals surface area contributed by atoms with Crippen molar-refractivity contribution in [1.82, 2.24) is 4.98 Å². The standard InChI is InChI=1S/C10H13NO3.Na.H2O/c1-3-13-10(12)7-14-9-5-4-8(2)11-6-9;;/h4-6H,3,7H2,1-2H3;;1H2/q;+1;/p-1. The predicted octanol–water partition coefficient (Wildman–Crippen LogP) is -1.84. The first-order valence-corrected chi connectivity index (χ1v) is 4.43. The van der Waals surface area contributed by atoms with Crippen molar-refractivity contribution in [3.8, 4) is 5.75 Å². The molecule has 0 radical (unpaired) electrons. The molecular formula is C10H14NNaO4. The van der Waals surface area contributed by atoms with Gasteiger partial charge < -0.3 is 14.9 Å². The van der Waals surface area contributed by atoms with Gasteiger partial charge in [0.15, 0.2) is 6.61 Å². The number of rotatable bonds is 4. The van der Waals surface area contributed by atoms with Gasteiger partial charge in [0.05, 0.1) is 12.8 Å². The van der Waals surface area contributed by atoms with Gasteiger partial charge in [-0.2, -0.15) is 0 Å². The van der Waals surface area contributed by atoms with Crippen LogP contribution in [0.1, 0.15) is 12.6 Å². The third kappa shape index (κ3) is 6.79. The van der Waals surface area contributed by atoms with Gasteiger partial charge in [-0.1, -0.05) is 0 Å². The first kappa shape index (κ1) is 17.8. The normalized spacial score (nSPS) is 8.38. The maximum Gasteiger partial charge on any atom is 1.00 e. The zero-order valence-electron chi connectivity index (χ0n) is 9.77. The monoisotopic (exact) mass is 235 g/mol. The van der Waals surface area contributed by atoms with Gasteiger partial charge in [0.1, 0.15) is 5.75 Å². The van der Waals surface area contributed by atoms with Crippen LogP contribution in [0.5, 0.6) is 5.75 Å². The quantitative estimate of drug-likeness (QED) is 0.452. The van der Waals surface area contributed by atoms with E-state index in [0.29, 0.717) is 12.4 Å². The predicted molar refractivity (Wildman–Crippen MR) is 53.0 cm³/mol. The van der Waals surface area contributed by atoms with Crippen LogP contribution in [-0.2, 0) is 9.53 Å². The number of ether oxygens (including phenoxy) is 2. The van der Waals surface area contributed by atoms with Crippen molar-refractivity contribution in [3.63, 3.8) is 0 Å². The summed E-state index contributed by atoms with van der Waals surface area (Å²) in [4.78, 5) is 14.9. The fourth-order valence-electron chi connectivity index (χ4n) is 0.885. The molecule has 0 saturated heterocycles. The molecule has 0 amide bonds. The van der Waals surface area contributed by atoms with Gasteiger partial charge >= 0.3 is 35.5 Å². The molecule has 0 spiro atoms. The van der Waals surface area contributed by atoms with E-state index < -0.39 is 0 Å². The second-order valence-corrected chi connectivity index (χ2v) is 2.73. The number of nitrogens with zero attached hydrogens (tertiary/aromatic N) is 1. The van der Waals surface area contributed by atoms with Gasteiger partial charge in [-0.3, -0.25) is 4.98 Å². The number of esters is 1. The molecule has 0 atom stereocenters. The van der Waals surface area contributed by atoms with Crippen LogP contribution in [0.4, 0.5) is 0 Å². The topological polar surface area (TPSA) is 78.4 Å². The third-order valence-electron chi connectivity index (χ3n) is 1.55. The molecule has 6 heteroatoms. The number of hydrogen-bond donors (Lipinski definition) is 0. The van der Waals surface area contributed by atoms with Crippen molar-refractivity contribution in [2.24, 2.45) is 0 Å². The van der Waals surface area contributed by atoms with Gasteiger partial charge in [-0.25, -0.2) is 4.79 Å². The van der Waals surface area contributed by atoms with Gasteiger partial charge in [-0.15, -0.1) is 0 Å². The number of aromatic nitrogens is 1. The summed E-state index contributed by atoms with van der Waals surface area (Å²) in [5.74, 6) is 0.205. The molecule has 0 aliphatic rings. The Kier molecular flexibility index (Phi) is 10.7. The summed E-state index contributed by atoms with van der Waals surface area (Å²) < 4.78 is 9.84. The summed E-state index contributed by atoms with van der Waals surface area (Å²) in [6.07, 6.45) is 1.58. The molecule has 0 saturated carbocycles. The van der Waals surface area contributed by atoms with Crippen LogP contribution >= 0.6 is 0 Å². The molecule has 0 aliphatic carbocycles. The molecule has 0 fully saturated rings. The number of pyridine rings is 1. The Morgan fingerprint density at radius 1 is 1.44 bits per heavy atom. The Bertz CT molecular complexity index is 302. The van der Waals surface area contributed by atoms with Crippen LogP contribution < -0.4 is 34.3 Å². The Balaban J connectivity index is 0. The Morgan fingerprint density at radius 3 is 2.62 bits per heavy atom. The summed E-state index contributed by atoms with van der Waals surface area (Å²) >= 11 is 0. The average molecular weight is 235 g/mol. The van der Waals surface area contributed by atoms with Crippen molar-refractivity contribution >= 4 is 5.97 Å². The number of aryl methyl sites for hydroxylation is 1.